The van der Waals surface area contributed by atoms with Crippen molar-refractivity contribution in [2.45, 2.75) is 107 Å². The van der Waals surface area contributed by atoms with Crippen molar-refractivity contribution in [1.29, 1.82) is 0 Å². The minimum Gasteiger partial charge on any atom is -0.371 e. The number of anilines is 4. The van der Waals surface area contributed by atoms with Gasteiger partial charge in [-0.05, 0) is 90.6 Å². The molecule has 2 atom stereocenters. The van der Waals surface area contributed by atoms with Crippen molar-refractivity contribution in [1.82, 2.24) is 14.9 Å². The van der Waals surface area contributed by atoms with Gasteiger partial charge in [0.2, 0.25) is 5.95 Å². The number of alkyl halides is 3. The molecule has 13 heteroatoms. The summed E-state index contributed by atoms with van der Waals surface area (Å²) in [5, 5.41) is 4.96. The first kappa shape index (κ1) is 33.1. The minimum atomic E-state index is -4.61. The molecule has 0 radical (unpaired) electrons. The van der Waals surface area contributed by atoms with E-state index in [1.54, 1.807) is 19.9 Å². The Bertz CT molecular complexity index is 1410. The summed E-state index contributed by atoms with van der Waals surface area (Å²) in [4.78, 5) is 13.1. The molecule has 2 aromatic rings. The fraction of sp³-hybridized carbons (Fsp3) is 0.677. The van der Waals surface area contributed by atoms with E-state index in [4.69, 9.17) is 11.6 Å². The number of rotatable bonds is 8. The van der Waals surface area contributed by atoms with Crippen molar-refractivity contribution in [3.8, 4) is 0 Å². The van der Waals surface area contributed by atoms with Crippen molar-refractivity contribution >= 4 is 44.6 Å². The lowest BCUT2D eigenvalue weighted by atomic mass is 9.82. The predicted molar refractivity (Wildman–Crippen MR) is 171 cm³/mol. The van der Waals surface area contributed by atoms with E-state index in [0.717, 1.165) is 38.8 Å². The largest absolute Gasteiger partial charge is 0.418 e. The molecule has 8 nitrogen and oxygen atoms in total. The van der Waals surface area contributed by atoms with Crippen LogP contribution < -0.4 is 15.5 Å². The van der Waals surface area contributed by atoms with Crippen molar-refractivity contribution in [2.75, 3.05) is 41.7 Å². The van der Waals surface area contributed by atoms with E-state index in [0.29, 0.717) is 37.7 Å². The maximum Gasteiger partial charge on any atom is 0.418 e. The predicted octanol–water partition coefficient (Wildman–Crippen LogP) is 7.28. The molecule has 1 aromatic carbocycles. The van der Waals surface area contributed by atoms with Crippen LogP contribution >= 0.6 is 11.6 Å². The summed E-state index contributed by atoms with van der Waals surface area (Å²) in [5.41, 5.74) is -1.27. The van der Waals surface area contributed by atoms with Gasteiger partial charge in [0, 0.05) is 24.8 Å². The van der Waals surface area contributed by atoms with E-state index in [1.807, 2.05) is 11.8 Å². The number of sulfone groups is 1. The van der Waals surface area contributed by atoms with Crippen molar-refractivity contribution in [3.05, 3.63) is 35.0 Å². The number of hydrogen-bond donors (Lipinski definition) is 2. The average Bonchev–Trinajstić information content (AvgIpc) is 2.99. The van der Waals surface area contributed by atoms with Gasteiger partial charge < -0.3 is 20.4 Å². The van der Waals surface area contributed by atoms with Gasteiger partial charge in [0.25, 0.3) is 0 Å². The Balaban J connectivity index is 1.34. The maximum atomic E-state index is 14.3. The lowest BCUT2D eigenvalue weighted by Gasteiger charge is -2.42. The molecule has 3 aliphatic rings. The number of likely N-dealkylation sites (tertiary alicyclic amines) is 1. The Morgan fingerprint density at radius 1 is 1.02 bits per heavy atom. The zero-order valence-corrected chi connectivity index (χ0v) is 27.3. The molecule has 0 bridgehead atoms. The zero-order valence-electron chi connectivity index (χ0n) is 25.8. The number of benzene rings is 1. The van der Waals surface area contributed by atoms with Crippen LogP contribution in [0.1, 0.15) is 84.1 Å². The molecular formula is C31H44ClF3N6O2S. The average molecular weight is 657 g/mol. The summed E-state index contributed by atoms with van der Waals surface area (Å²) < 4.78 is 69.4. The second-order valence-corrected chi connectivity index (χ2v) is 16.1. The third kappa shape index (κ3) is 7.22. The zero-order chi connectivity index (χ0) is 31.7. The van der Waals surface area contributed by atoms with Crippen molar-refractivity contribution in [2.24, 2.45) is 0 Å². The van der Waals surface area contributed by atoms with Crippen LogP contribution in [0.4, 0.5) is 36.3 Å². The fourth-order valence-electron chi connectivity index (χ4n) is 7.05. The highest BCUT2D eigenvalue weighted by Gasteiger charge is 2.46. The summed E-state index contributed by atoms with van der Waals surface area (Å²) in [6, 6.07) is 4.82. The highest BCUT2D eigenvalue weighted by Crippen LogP contribution is 2.41. The molecule has 3 heterocycles. The van der Waals surface area contributed by atoms with Crippen LogP contribution in [-0.2, 0) is 16.0 Å². The van der Waals surface area contributed by atoms with E-state index in [9.17, 15) is 21.6 Å². The summed E-state index contributed by atoms with van der Waals surface area (Å²) >= 11 is 6.42. The second-order valence-electron chi connectivity index (χ2n) is 13.0. The Kier molecular flexibility index (Phi) is 9.92. The van der Waals surface area contributed by atoms with Crippen LogP contribution in [0.25, 0.3) is 0 Å². The molecule has 1 aliphatic carbocycles. The van der Waals surface area contributed by atoms with Crippen molar-refractivity contribution in [3.63, 3.8) is 0 Å². The smallest absolute Gasteiger partial charge is 0.371 e. The van der Waals surface area contributed by atoms with Gasteiger partial charge in [0.1, 0.15) is 5.02 Å². The molecule has 2 aliphatic heterocycles. The molecule has 3 fully saturated rings. The topological polar surface area (TPSA) is 90.5 Å². The van der Waals surface area contributed by atoms with Gasteiger partial charge in [0.15, 0.2) is 15.7 Å². The molecule has 0 spiro atoms. The minimum absolute atomic E-state index is 0.0693. The lowest BCUT2D eigenvalue weighted by Crippen LogP contribution is -2.54. The summed E-state index contributed by atoms with van der Waals surface area (Å²) in [6.07, 6.45) is 5.02. The molecular weight excluding hydrogens is 613 g/mol. The van der Waals surface area contributed by atoms with E-state index >= 15 is 0 Å². The molecule has 1 aromatic heterocycles. The van der Waals surface area contributed by atoms with Gasteiger partial charge in [-0.15, -0.1) is 0 Å². The number of piperidine rings is 2. The Hall–Kier alpha value is -2.31. The van der Waals surface area contributed by atoms with Gasteiger partial charge >= 0.3 is 6.18 Å². The first-order valence-corrected chi connectivity index (χ1v) is 17.8. The van der Waals surface area contributed by atoms with E-state index in [1.165, 1.54) is 37.6 Å². The lowest BCUT2D eigenvalue weighted by molar-refractivity contribution is -0.136. The van der Waals surface area contributed by atoms with Crippen molar-refractivity contribution < 1.29 is 21.6 Å². The molecule has 44 heavy (non-hydrogen) atoms. The van der Waals surface area contributed by atoms with E-state index < -0.39 is 37.6 Å². The van der Waals surface area contributed by atoms with Crippen LogP contribution in [0, 0.1) is 0 Å². The number of nitrogens with zero attached hydrogens (tertiary/aromatic N) is 4. The Labute approximate surface area is 264 Å². The molecule has 0 amide bonds. The van der Waals surface area contributed by atoms with Crippen LogP contribution in [0.3, 0.4) is 0 Å². The number of aromatic nitrogens is 2. The van der Waals surface area contributed by atoms with Gasteiger partial charge in [-0.2, -0.15) is 18.2 Å². The molecule has 2 saturated heterocycles. The third-order valence-electron chi connectivity index (χ3n) is 9.62. The van der Waals surface area contributed by atoms with Crippen LogP contribution in [-0.4, -0.2) is 71.5 Å². The summed E-state index contributed by atoms with van der Waals surface area (Å²) in [7, 11) is -3.44. The number of halogens is 4. The van der Waals surface area contributed by atoms with Gasteiger partial charge in [-0.1, -0.05) is 30.9 Å². The highest BCUT2D eigenvalue weighted by atomic mass is 35.5. The summed E-state index contributed by atoms with van der Waals surface area (Å²) in [6.45, 7) is 8.85. The molecule has 2 unspecified atom stereocenters. The fourth-order valence-corrected chi connectivity index (χ4v) is 9.24. The first-order chi connectivity index (χ1) is 20.8. The maximum absolute atomic E-state index is 14.3. The third-order valence-corrected chi connectivity index (χ3v) is 12.8. The summed E-state index contributed by atoms with van der Waals surface area (Å²) in [5.74, 6) is 0.111. The molecule has 1 saturated carbocycles. The SMILES string of the molecule is CC(C)S(=O)(=O)C1CCCCC1(C)Nc1nc(Nc2ccc(N3CCC(N4CCCCC4)CC3)cc2C(F)(F)F)ncc1Cl. The van der Waals surface area contributed by atoms with Crippen LogP contribution in [0.5, 0.6) is 0 Å². The monoisotopic (exact) mass is 656 g/mol. The second kappa shape index (κ2) is 13.2. The highest BCUT2D eigenvalue weighted by molar-refractivity contribution is 7.92. The quantitative estimate of drug-likeness (QED) is 0.306. The first-order valence-electron chi connectivity index (χ1n) is 15.8. The molecule has 244 valence electrons. The standard InChI is InChI=1S/C31H44ClF3N6O2S/c1-21(2)44(42,43)27-9-5-6-14-30(27,3)39-28-25(32)20-36-29(38-28)37-26-11-10-23(19-24(26)31(33,34)35)41-17-12-22(13-18-41)40-15-7-4-8-16-40/h10-11,19-22,27H,4-9,12-18H2,1-3H3,(H2,36,37,38,39). The Morgan fingerprint density at radius 3 is 2.39 bits per heavy atom. The molecule has 5 rings (SSSR count). The number of hydrogen-bond acceptors (Lipinski definition) is 8. The van der Waals surface area contributed by atoms with Gasteiger partial charge in [-0.3, -0.25) is 0 Å². The van der Waals surface area contributed by atoms with E-state index in [2.05, 4.69) is 25.5 Å². The number of nitrogens with one attached hydrogen (secondary N) is 2. The Morgan fingerprint density at radius 2 is 1.73 bits per heavy atom. The van der Waals surface area contributed by atoms with Crippen LogP contribution in [0.2, 0.25) is 5.02 Å². The normalized spacial score (nSPS) is 24.5. The molecule has 2 N–H and O–H groups in total. The van der Waals surface area contributed by atoms with E-state index in [-0.39, 0.29) is 22.5 Å². The van der Waals surface area contributed by atoms with Gasteiger partial charge in [0.05, 0.1) is 33.5 Å². The van der Waals surface area contributed by atoms with Crippen LogP contribution in [0.15, 0.2) is 24.4 Å². The van der Waals surface area contributed by atoms with Gasteiger partial charge in [-0.25, -0.2) is 13.4 Å².